The lowest BCUT2D eigenvalue weighted by Crippen LogP contribution is -2.19. The number of imidazole rings is 1. The minimum atomic E-state index is -0.0234. The number of ketones is 1. The Hall–Kier alpha value is -2.30. The zero-order valence-corrected chi connectivity index (χ0v) is 11.4. The maximum atomic E-state index is 11.5. The van der Waals surface area contributed by atoms with Crippen molar-refractivity contribution in [2.75, 3.05) is 17.7 Å². The molecule has 1 aromatic heterocycles. The van der Waals surface area contributed by atoms with Crippen molar-refractivity contribution in [1.29, 1.82) is 0 Å². The van der Waals surface area contributed by atoms with Crippen LogP contribution in [0.4, 0.5) is 11.4 Å². The molecule has 100 valence electrons. The van der Waals surface area contributed by atoms with E-state index in [1.165, 1.54) is 6.92 Å². The summed E-state index contributed by atoms with van der Waals surface area (Å²) in [5, 5.41) is 0. The van der Waals surface area contributed by atoms with Crippen LogP contribution >= 0.6 is 0 Å². The molecule has 0 aliphatic heterocycles. The Labute approximate surface area is 112 Å². The average Bonchev–Trinajstić information content (AvgIpc) is 2.75. The molecular formula is C14H18N4O. The molecule has 0 saturated heterocycles. The molecule has 0 unspecified atom stereocenters. The van der Waals surface area contributed by atoms with E-state index in [4.69, 9.17) is 5.73 Å². The van der Waals surface area contributed by atoms with E-state index in [2.05, 4.69) is 4.98 Å². The van der Waals surface area contributed by atoms with Gasteiger partial charge in [0.1, 0.15) is 5.82 Å². The van der Waals surface area contributed by atoms with Crippen molar-refractivity contribution in [3.05, 3.63) is 42.0 Å². The maximum Gasteiger partial charge on any atom is 0.161 e. The number of rotatable bonds is 4. The van der Waals surface area contributed by atoms with Crippen LogP contribution < -0.4 is 10.6 Å². The molecule has 19 heavy (non-hydrogen) atoms. The third kappa shape index (κ3) is 2.76. The van der Waals surface area contributed by atoms with E-state index in [0.29, 0.717) is 17.8 Å². The van der Waals surface area contributed by atoms with Crippen molar-refractivity contribution >= 4 is 17.2 Å². The summed E-state index contributed by atoms with van der Waals surface area (Å²) in [4.78, 5) is 17.8. The summed E-state index contributed by atoms with van der Waals surface area (Å²) in [6.07, 6.45) is 3.68. The number of benzene rings is 1. The average molecular weight is 258 g/mol. The Kier molecular flexibility index (Phi) is 3.55. The highest BCUT2D eigenvalue weighted by molar-refractivity contribution is 6.00. The third-order valence-corrected chi connectivity index (χ3v) is 3.16. The number of carbonyl (C=O) groups excluding carboxylic acids is 1. The Morgan fingerprint density at radius 3 is 2.79 bits per heavy atom. The van der Waals surface area contributed by atoms with Crippen LogP contribution in [-0.4, -0.2) is 22.4 Å². The van der Waals surface area contributed by atoms with E-state index in [-0.39, 0.29) is 5.78 Å². The van der Waals surface area contributed by atoms with E-state index in [1.54, 1.807) is 12.3 Å². The van der Waals surface area contributed by atoms with Gasteiger partial charge in [-0.3, -0.25) is 4.79 Å². The molecule has 1 aromatic carbocycles. The number of nitrogen functional groups attached to an aromatic ring is 1. The molecule has 0 radical (unpaired) electrons. The van der Waals surface area contributed by atoms with Gasteiger partial charge in [0.2, 0.25) is 0 Å². The quantitative estimate of drug-likeness (QED) is 0.671. The van der Waals surface area contributed by atoms with Gasteiger partial charge in [-0.05, 0) is 25.1 Å². The molecule has 0 aliphatic carbocycles. The first-order valence-electron chi connectivity index (χ1n) is 6.07. The summed E-state index contributed by atoms with van der Waals surface area (Å²) in [7, 11) is 3.92. The molecule has 1 heterocycles. The van der Waals surface area contributed by atoms with Gasteiger partial charge in [0.15, 0.2) is 5.78 Å². The first kappa shape index (κ1) is 13.1. The van der Waals surface area contributed by atoms with E-state index in [9.17, 15) is 4.79 Å². The van der Waals surface area contributed by atoms with Crippen LogP contribution in [0.5, 0.6) is 0 Å². The minimum Gasteiger partial charge on any atom is -0.398 e. The molecule has 5 heteroatoms. The second-order valence-corrected chi connectivity index (χ2v) is 4.64. The third-order valence-electron chi connectivity index (χ3n) is 3.16. The van der Waals surface area contributed by atoms with E-state index < -0.39 is 0 Å². The number of carbonyl (C=O) groups is 1. The highest BCUT2D eigenvalue weighted by Crippen LogP contribution is 2.22. The Morgan fingerprint density at radius 1 is 1.47 bits per heavy atom. The number of nitrogens with two attached hydrogens (primary N) is 1. The predicted octanol–water partition coefficient (Wildman–Crippen LogP) is 1.84. The van der Waals surface area contributed by atoms with Crippen LogP contribution in [0.25, 0.3) is 0 Å². The maximum absolute atomic E-state index is 11.5. The second-order valence-electron chi connectivity index (χ2n) is 4.64. The Balaban J connectivity index is 2.24. The van der Waals surface area contributed by atoms with Crippen molar-refractivity contribution in [2.45, 2.75) is 13.5 Å². The van der Waals surface area contributed by atoms with Crippen LogP contribution in [0.2, 0.25) is 0 Å². The summed E-state index contributed by atoms with van der Waals surface area (Å²) in [6, 6.07) is 5.49. The molecule has 0 bridgehead atoms. The molecule has 0 atom stereocenters. The standard InChI is InChI=1S/C14H18N4O/c1-10(19)12-8-11(4-5-13(12)15)18(3)9-14-16-6-7-17(14)2/h4-8H,9,15H2,1-3H3. The molecule has 0 amide bonds. The lowest BCUT2D eigenvalue weighted by molar-refractivity contribution is 0.101. The first-order chi connectivity index (χ1) is 8.99. The van der Waals surface area contributed by atoms with Gasteiger partial charge >= 0.3 is 0 Å². The van der Waals surface area contributed by atoms with Gasteiger partial charge in [0.05, 0.1) is 6.54 Å². The molecule has 0 spiro atoms. The number of aromatic nitrogens is 2. The summed E-state index contributed by atoms with van der Waals surface area (Å²) in [5.41, 5.74) is 7.82. The fourth-order valence-electron chi connectivity index (χ4n) is 1.94. The minimum absolute atomic E-state index is 0.0234. The van der Waals surface area contributed by atoms with E-state index in [0.717, 1.165) is 11.5 Å². The van der Waals surface area contributed by atoms with Gasteiger partial charge in [-0.1, -0.05) is 0 Å². The highest BCUT2D eigenvalue weighted by atomic mass is 16.1. The first-order valence-corrected chi connectivity index (χ1v) is 6.07. The smallest absolute Gasteiger partial charge is 0.161 e. The summed E-state index contributed by atoms with van der Waals surface area (Å²) < 4.78 is 1.97. The van der Waals surface area contributed by atoms with Crippen LogP contribution in [0.1, 0.15) is 23.1 Å². The van der Waals surface area contributed by atoms with Crippen molar-refractivity contribution in [2.24, 2.45) is 7.05 Å². The van der Waals surface area contributed by atoms with Crippen molar-refractivity contribution in [3.63, 3.8) is 0 Å². The lowest BCUT2D eigenvalue weighted by Gasteiger charge is -2.20. The van der Waals surface area contributed by atoms with Gasteiger partial charge < -0.3 is 15.2 Å². The van der Waals surface area contributed by atoms with Gasteiger partial charge in [-0.25, -0.2) is 4.98 Å². The number of aryl methyl sites for hydroxylation is 1. The SMILES string of the molecule is CC(=O)c1cc(N(C)Cc2nccn2C)ccc1N. The molecular weight excluding hydrogens is 240 g/mol. The summed E-state index contributed by atoms with van der Waals surface area (Å²) in [5.74, 6) is 0.938. The van der Waals surface area contributed by atoms with E-state index in [1.807, 2.05) is 41.9 Å². The molecule has 0 aliphatic rings. The molecule has 2 aromatic rings. The normalized spacial score (nSPS) is 10.5. The number of nitrogens with zero attached hydrogens (tertiary/aromatic N) is 3. The Bertz CT molecular complexity index is 603. The zero-order valence-electron chi connectivity index (χ0n) is 11.4. The lowest BCUT2D eigenvalue weighted by atomic mass is 10.1. The number of Topliss-reactive ketones (excluding diaryl/α,β-unsaturated/α-hetero) is 1. The molecule has 0 fully saturated rings. The van der Waals surface area contributed by atoms with Gasteiger partial charge in [0.25, 0.3) is 0 Å². The van der Waals surface area contributed by atoms with Crippen molar-refractivity contribution in [3.8, 4) is 0 Å². The van der Waals surface area contributed by atoms with Crippen LogP contribution in [-0.2, 0) is 13.6 Å². The molecule has 5 nitrogen and oxygen atoms in total. The fraction of sp³-hybridized carbons (Fsp3) is 0.286. The number of anilines is 2. The molecule has 2 rings (SSSR count). The predicted molar refractivity (Wildman–Crippen MR) is 76.2 cm³/mol. The van der Waals surface area contributed by atoms with Crippen LogP contribution in [0, 0.1) is 0 Å². The molecule has 0 saturated carbocycles. The number of hydrogen-bond donors (Lipinski definition) is 1. The second kappa shape index (κ2) is 5.14. The zero-order chi connectivity index (χ0) is 14.0. The largest absolute Gasteiger partial charge is 0.398 e. The van der Waals surface area contributed by atoms with Gasteiger partial charge in [0, 0.05) is 43.4 Å². The fourth-order valence-corrected chi connectivity index (χ4v) is 1.94. The molecule has 2 N–H and O–H groups in total. The summed E-state index contributed by atoms with van der Waals surface area (Å²) >= 11 is 0. The van der Waals surface area contributed by atoms with Crippen molar-refractivity contribution in [1.82, 2.24) is 9.55 Å². The van der Waals surface area contributed by atoms with E-state index >= 15 is 0 Å². The van der Waals surface area contributed by atoms with Crippen molar-refractivity contribution < 1.29 is 4.79 Å². The van der Waals surface area contributed by atoms with Crippen LogP contribution in [0.15, 0.2) is 30.6 Å². The Morgan fingerprint density at radius 2 is 2.21 bits per heavy atom. The topological polar surface area (TPSA) is 64.2 Å². The summed E-state index contributed by atoms with van der Waals surface area (Å²) in [6.45, 7) is 2.19. The van der Waals surface area contributed by atoms with Crippen LogP contribution in [0.3, 0.4) is 0 Å². The monoisotopic (exact) mass is 258 g/mol. The highest BCUT2D eigenvalue weighted by Gasteiger charge is 2.10. The van der Waals surface area contributed by atoms with Gasteiger partial charge in [-0.2, -0.15) is 0 Å². The van der Waals surface area contributed by atoms with Gasteiger partial charge in [-0.15, -0.1) is 0 Å². The number of hydrogen-bond acceptors (Lipinski definition) is 4.